The molecule has 7 nitrogen and oxygen atoms in total. The minimum Gasteiger partial charge on any atom is -0.399 e. The maximum atomic E-state index is 12.7. The molecule has 150 valence electrons. The second-order valence-corrected chi connectivity index (χ2v) is 6.47. The lowest BCUT2D eigenvalue weighted by Crippen LogP contribution is -2.32. The van der Waals surface area contributed by atoms with E-state index in [0.29, 0.717) is 23.0 Å². The van der Waals surface area contributed by atoms with E-state index < -0.39 is 6.04 Å². The summed E-state index contributed by atoms with van der Waals surface area (Å²) < 4.78 is 5.40. The average molecular weight is 424 g/mol. The number of carbonyl (C=O) groups is 1. The van der Waals surface area contributed by atoms with E-state index in [1.165, 1.54) is 0 Å². The Balaban J connectivity index is 0.00000196. The highest BCUT2D eigenvalue weighted by molar-refractivity contribution is 5.96. The molecular weight excluding hydrogens is 401 g/mol. The molecule has 9 heteroatoms. The van der Waals surface area contributed by atoms with Crippen LogP contribution in [0.25, 0.3) is 11.4 Å². The van der Waals surface area contributed by atoms with Crippen molar-refractivity contribution in [2.24, 2.45) is 5.92 Å². The smallest absolute Gasteiger partial charge is 0.252 e. The van der Waals surface area contributed by atoms with Crippen molar-refractivity contribution in [2.75, 3.05) is 5.73 Å². The third-order valence-electron chi connectivity index (χ3n) is 4.09. The predicted octanol–water partition coefficient (Wildman–Crippen LogP) is 3.99. The van der Waals surface area contributed by atoms with E-state index in [0.717, 1.165) is 11.1 Å². The lowest BCUT2D eigenvalue weighted by molar-refractivity contribution is 0.0913. The number of nitrogens with two attached hydrogens (primary N) is 1. The first-order chi connectivity index (χ1) is 12.5. The molecule has 0 aliphatic carbocycles. The summed E-state index contributed by atoms with van der Waals surface area (Å²) in [6.07, 6.45) is 3.34. The Bertz CT molecular complexity index is 916. The number of aryl methyl sites for hydroxylation is 1. The summed E-state index contributed by atoms with van der Waals surface area (Å²) in [6, 6.07) is 8.49. The van der Waals surface area contributed by atoms with Crippen molar-refractivity contribution in [3.8, 4) is 11.4 Å². The van der Waals surface area contributed by atoms with E-state index in [1.54, 1.807) is 30.6 Å². The fourth-order valence-corrected chi connectivity index (χ4v) is 2.59. The van der Waals surface area contributed by atoms with Gasteiger partial charge in [-0.15, -0.1) is 24.8 Å². The zero-order valence-corrected chi connectivity index (χ0v) is 17.4. The standard InChI is InChI=1S/C19H21N5O2.2ClH/c1-11(2)16(22-18(25)15-9-14(20)7-6-12(15)3)19-23-17(24-26-19)13-5-4-8-21-10-13;;/h4-11,16H,20H2,1-3H3,(H,22,25);2*1H. The average Bonchev–Trinajstić information content (AvgIpc) is 3.11. The lowest BCUT2D eigenvalue weighted by atomic mass is 10.0. The Kier molecular flexibility index (Phi) is 8.40. The van der Waals surface area contributed by atoms with Crippen LogP contribution in [-0.2, 0) is 0 Å². The summed E-state index contributed by atoms with van der Waals surface area (Å²) in [6.45, 7) is 5.82. The molecule has 1 atom stereocenters. The molecule has 3 N–H and O–H groups in total. The van der Waals surface area contributed by atoms with Gasteiger partial charge in [0.2, 0.25) is 11.7 Å². The summed E-state index contributed by atoms with van der Waals surface area (Å²) in [7, 11) is 0. The van der Waals surface area contributed by atoms with Gasteiger partial charge in [-0.05, 0) is 42.7 Å². The maximum Gasteiger partial charge on any atom is 0.252 e. The molecule has 3 aromatic rings. The number of nitrogens with one attached hydrogen (secondary N) is 1. The summed E-state index contributed by atoms with van der Waals surface area (Å²) in [5.74, 6) is 0.624. The van der Waals surface area contributed by atoms with Crippen molar-refractivity contribution in [1.82, 2.24) is 20.4 Å². The van der Waals surface area contributed by atoms with Gasteiger partial charge in [-0.1, -0.05) is 25.1 Å². The monoisotopic (exact) mass is 423 g/mol. The zero-order valence-electron chi connectivity index (χ0n) is 15.7. The van der Waals surface area contributed by atoms with Crippen LogP contribution in [0, 0.1) is 12.8 Å². The number of aromatic nitrogens is 3. The minimum atomic E-state index is -0.416. The first kappa shape index (κ1) is 23.4. The quantitative estimate of drug-likeness (QED) is 0.600. The van der Waals surface area contributed by atoms with Crippen molar-refractivity contribution in [1.29, 1.82) is 0 Å². The number of pyridine rings is 1. The van der Waals surface area contributed by atoms with Gasteiger partial charge in [-0.3, -0.25) is 9.78 Å². The van der Waals surface area contributed by atoms with E-state index in [-0.39, 0.29) is 36.6 Å². The SMILES string of the molecule is Cc1ccc(N)cc1C(=O)NC(c1nc(-c2cccnc2)no1)C(C)C.Cl.Cl. The second kappa shape index (κ2) is 10.1. The van der Waals surface area contributed by atoms with Gasteiger partial charge >= 0.3 is 0 Å². The second-order valence-electron chi connectivity index (χ2n) is 6.47. The van der Waals surface area contributed by atoms with Crippen LogP contribution >= 0.6 is 24.8 Å². The Hall–Kier alpha value is -2.64. The molecule has 0 radical (unpaired) electrons. The lowest BCUT2D eigenvalue weighted by Gasteiger charge is -2.19. The number of hydrogen-bond acceptors (Lipinski definition) is 6. The molecular formula is C19H23Cl2N5O2. The number of amides is 1. The van der Waals surface area contributed by atoms with Crippen molar-refractivity contribution in [3.63, 3.8) is 0 Å². The number of halogens is 2. The number of rotatable bonds is 5. The third-order valence-corrected chi connectivity index (χ3v) is 4.09. The Morgan fingerprint density at radius 3 is 2.61 bits per heavy atom. The van der Waals surface area contributed by atoms with Gasteiger partial charge in [-0.2, -0.15) is 4.98 Å². The van der Waals surface area contributed by atoms with Crippen LogP contribution in [0.15, 0.2) is 47.2 Å². The molecule has 2 aromatic heterocycles. The van der Waals surface area contributed by atoms with Crippen LogP contribution < -0.4 is 11.1 Å². The highest BCUT2D eigenvalue weighted by Gasteiger charge is 2.26. The topological polar surface area (TPSA) is 107 Å². The van der Waals surface area contributed by atoms with Gasteiger partial charge < -0.3 is 15.6 Å². The molecule has 0 saturated carbocycles. The molecule has 0 aliphatic heterocycles. The van der Waals surface area contributed by atoms with Gasteiger partial charge in [0.1, 0.15) is 6.04 Å². The van der Waals surface area contributed by atoms with Crippen LogP contribution in [0.2, 0.25) is 0 Å². The third kappa shape index (κ3) is 5.21. The van der Waals surface area contributed by atoms with Gasteiger partial charge in [0.05, 0.1) is 0 Å². The molecule has 0 aliphatic rings. The van der Waals surface area contributed by atoms with Crippen molar-refractivity contribution < 1.29 is 9.32 Å². The number of nitrogen functional groups attached to an aromatic ring is 1. The summed E-state index contributed by atoms with van der Waals surface area (Å²) in [5, 5.41) is 6.98. The van der Waals surface area contributed by atoms with Crippen LogP contribution in [0.1, 0.15) is 41.7 Å². The van der Waals surface area contributed by atoms with Crippen LogP contribution in [-0.4, -0.2) is 21.0 Å². The minimum absolute atomic E-state index is 0. The molecule has 1 unspecified atom stereocenters. The highest BCUT2D eigenvalue weighted by atomic mass is 35.5. The summed E-state index contributed by atoms with van der Waals surface area (Å²) in [5.41, 5.74) is 8.48. The summed E-state index contributed by atoms with van der Waals surface area (Å²) >= 11 is 0. The largest absolute Gasteiger partial charge is 0.399 e. The number of benzene rings is 1. The van der Waals surface area contributed by atoms with E-state index in [4.69, 9.17) is 10.3 Å². The molecule has 0 spiro atoms. The van der Waals surface area contributed by atoms with E-state index in [9.17, 15) is 4.79 Å². The molecule has 1 amide bonds. The van der Waals surface area contributed by atoms with Crippen molar-refractivity contribution >= 4 is 36.4 Å². The molecule has 0 saturated heterocycles. The van der Waals surface area contributed by atoms with Crippen LogP contribution in [0.3, 0.4) is 0 Å². The maximum absolute atomic E-state index is 12.7. The van der Waals surface area contributed by atoms with Crippen molar-refractivity contribution in [2.45, 2.75) is 26.8 Å². The molecule has 1 aromatic carbocycles. The van der Waals surface area contributed by atoms with Gasteiger partial charge in [0, 0.05) is 29.2 Å². The molecule has 28 heavy (non-hydrogen) atoms. The molecule has 2 heterocycles. The molecule has 0 fully saturated rings. The highest BCUT2D eigenvalue weighted by Crippen LogP contribution is 2.24. The van der Waals surface area contributed by atoms with Crippen LogP contribution in [0.5, 0.6) is 0 Å². The zero-order chi connectivity index (χ0) is 18.7. The number of anilines is 1. The van der Waals surface area contributed by atoms with Gasteiger partial charge in [-0.25, -0.2) is 0 Å². The fraction of sp³-hybridized carbons (Fsp3) is 0.263. The fourth-order valence-electron chi connectivity index (χ4n) is 2.59. The first-order valence-electron chi connectivity index (χ1n) is 8.36. The van der Waals surface area contributed by atoms with Crippen LogP contribution in [0.4, 0.5) is 5.69 Å². The Morgan fingerprint density at radius 2 is 1.96 bits per heavy atom. The molecule has 3 rings (SSSR count). The van der Waals surface area contributed by atoms with Gasteiger partial charge in [0.15, 0.2) is 0 Å². The van der Waals surface area contributed by atoms with E-state index in [2.05, 4.69) is 20.4 Å². The van der Waals surface area contributed by atoms with E-state index in [1.807, 2.05) is 32.9 Å². The Labute approximate surface area is 175 Å². The number of hydrogen-bond donors (Lipinski definition) is 2. The molecule has 0 bridgehead atoms. The van der Waals surface area contributed by atoms with Crippen molar-refractivity contribution in [3.05, 3.63) is 59.7 Å². The van der Waals surface area contributed by atoms with Gasteiger partial charge in [0.25, 0.3) is 5.91 Å². The normalized spacial score (nSPS) is 11.3. The summed E-state index contributed by atoms with van der Waals surface area (Å²) in [4.78, 5) is 21.2. The first-order valence-corrected chi connectivity index (χ1v) is 8.36. The predicted molar refractivity (Wildman–Crippen MR) is 113 cm³/mol. The number of nitrogens with zero attached hydrogens (tertiary/aromatic N) is 3. The number of carbonyl (C=O) groups excluding carboxylic acids is 1. The van der Waals surface area contributed by atoms with E-state index >= 15 is 0 Å². The Morgan fingerprint density at radius 1 is 1.21 bits per heavy atom.